The minimum atomic E-state index is -0.0546. The summed E-state index contributed by atoms with van der Waals surface area (Å²) in [4.78, 5) is 40.3. The van der Waals surface area contributed by atoms with Gasteiger partial charge in [-0.05, 0) is 42.9 Å². The van der Waals surface area contributed by atoms with Gasteiger partial charge in [0, 0.05) is 11.4 Å². The van der Waals surface area contributed by atoms with E-state index in [1.165, 1.54) is 22.2 Å². The largest absolute Gasteiger partial charge is 0.309 e. The van der Waals surface area contributed by atoms with Gasteiger partial charge in [0.2, 0.25) is 0 Å². The summed E-state index contributed by atoms with van der Waals surface area (Å²) >= 11 is 3.08. The van der Waals surface area contributed by atoms with Crippen molar-refractivity contribution in [3.05, 3.63) is 61.2 Å². The number of thiophene rings is 1. The number of aromatic nitrogens is 4. The van der Waals surface area contributed by atoms with Crippen LogP contribution in [0.1, 0.15) is 36.5 Å². The summed E-state index contributed by atoms with van der Waals surface area (Å²) in [6, 6.07) is 7.43. The van der Waals surface area contributed by atoms with Crippen molar-refractivity contribution in [2.45, 2.75) is 50.6 Å². The van der Waals surface area contributed by atoms with Crippen LogP contribution >= 0.6 is 23.1 Å². The van der Waals surface area contributed by atoms with Crippen molar-refractivity contribution in [3.8, 4) is 0 Å². The third-order valence-corrected chi connectivity index (χ3v) is 7.51. The van der Waals surface area contributed by atoms with Crippen molar-refractivity contribution in [1.29, 1.82) is 0 Å². The molecule has 0 saturated carbocycles. The van der Waals surface area contributed by atoms with E-state index in [0.717, 1.165) is 29.5 Å². The van der Waals surface area contributed by atoms with Crippen LogP contribution in [-0.4, -0.2) is 19.5 Å². The maximum Gasteiger partial charge on any atom is 0.262 e. The molecule has 3 heterocycles. The van der Waals surface area contributed by atoms with Gasteiger partial charge < -0.3 is 4.98 Å². The number of para-hydroxylation sites is 1. The Bertz CT molecular complexity index is 1380. The number of rotatable bonds is 5. The highest BCUT2D eigenvalue weighted by molar-refractivity contribution is 7.98. The first-order valence-corrected chi connectivity index (χ1v) is 12.0. The summed E-state index contributed by atoms with van der Waals surface area (Å²) < 4.78 is 1.74. The first kappa shape index (κ1) is 19.5. The number of nitrogens with one attached hydrogen (secondary N) is 1. The fourth-order valence-electron chi connectivity index (χ4n) is 4.03. The van der Waals surface area contributed by atoms with Crippen molar-refractivity contribution in [3.63, 3.8) is 0 Å². The quantitative estimate of drug-likeness (QED) is 0.374. The standard InChI is InChI=1S/C22H22N4O2S2/c1-12(2)10-26-21(28)13-6-3-4-8-15(13)23-22(26)29-11-17-24-19(27)18-14-7-5-9-16(14)30-20(18)25-17/h3-4,6,8,12H,5,7,9-11H2,1-2H3,(H,24,25,27). The molecule has 0 saturated heterocycles. The van der Waals surface area contributed by atoms with Crippen LogP contribution in [0.4, 0.5) is 0 Å². The topological polar surface area (TPSA) is 80.6 Å². The molecule has 0 spiro atoms. The molecule has 30 heavy (non-hydrogen) atoms. The van der Waals surface area contributed by atoms with Gasteiger partial charge in [0.15, 0.2) is 5.16 Å². The lowest BCUT2D eigenvalue weighted by Gasteiger charge is -2.14. The molecule has 6 nitrogen and oxygen atoms in total. The smallest absolute Gasteiger partial charge is 0.262 e. The van der Waals surface area contributed by atoms with Crippen molar-refractivity contribution >= 4 is 44.2 Å². The molecule has 1 aromatic carbocycles. The van der Waals surface area contributed by atoms with Crippen LogP contribution in [0, 0.1) is 5.92 Å². The zero-order valence-electron chi connectivity index (χ0n) is 16.9. The van der Waals surface area contributed by atoms with E-state index in [-0.39, 0.29) is 11.1 Å². The van der Waals surface area contributed by atoms with E-state index in [1.54, 1.807) is 15.9 Å². The molecule has 8 heteroatoms. The molecule has 3 aromatic heterocycles. The second-order valence-electron chi connectivity index (χ2n) is 8.06. The molecule has 0 fully saturated rings. The molecule has 0 atom stereocenters. The Morgan fingerprint density at radius 2 is 2.03 bits per heavy atom. The van der Waals surface area contributed by atoms with Crippen molar-refractivity contribution in [2.75, 3.05) is 0 Å². The lowest BCUT2D eigenvalue weighted by molar-refractivity contribution is 0.475. The van der Waals surface area contributed by atoms with Crippen molar-refractivity contribution in [1.82, 2.24) is 19.5 Å². The second-order valence-corrected chi connectivity index (χ2v) is 10.1. The Hall–Kier alpha value is -2.45. The molecule has 0 radical (unpaired) electrons. The maximum absolute atomic E-state index is 13.0. The van der Waals surface area contributed by atoms with Crippen LogP contribution in [0.25, 0.3) is 21.1 Å². The summed E-state index contributed by atoms with van der Waals surface area (Å²) in [5.41, 5.74) is 1.80. The van der Waals surface area contributed by atoms with E-state index in [9.17, 15) is 9.59 Å². The molecule has 0 bridgehead atoms. The summed E-state index contributed by atoms with van der Waals surface area (Å²) in [7, 11) is 0. The molecule has 0 unspecified atom stereocenters. The van der Waals surface area contributed by atoms with E-state index in [4.69, 9.17) is 9.97 Å². The van der Waals surface area contributed by atoms with Gasteiger partial charge in [0.05, 0.1) is 22.0 Å². The highest BCUT2D eigenvalue weighted by Gasteiger charge is 2.21. The molecule has 1 aliphatic rings. The number of H-pyrrole nitrogens is 1. The first-order chi connectivity index (χ1) is 14.5. The number of hydrogen-bond acceptors (Lipinski definition) is 6. The molecular weight excluding hydrogens is 416 g/mol. The van der Waals surface area contributed by atoms with Crippen molar-refractivity contribution in [2.24, 2.45) is 5.92 Å². The minimum Gasteiger partial charge on any atom is -0.309 e. The van der Waals surface area contributed by atoms with Gasteiger partial charge in [-0.25, -0.2) is 9.97 Å². The third-order valence-electron chi connectivity index (χ3n) is 5.34. The molecule has 1 N–H and O–H groups in total. The van der Waals surface area contributed by atoms with Crippen LogP contribution in [0.15, 0.2) is 39.0 Å². The van der Waals surface area contributed by atoms with Gasteiger partial charge in [0.25, 0.3) is 11.1 Å². The Kier molecular flexibility index (Phi) is 4.99. The highest BCUT2D eigenvalue weighted by Crippen LogP contribution is 2.34. The van der Waals surface area contributed by atoms with Gasteiger partial charge in [-0.3, -0.25) is 14.2 Å². The van der Waals surface area contributed by atoms with Crippen LogP contribution < -0.4 is 11.1 Å². The Labute approximate surface area is 181 Å². The van der Waals surface area contributed by atoms with Gasteiger partial charge >= 0.3 is 0 Å². The summed E-state index contributed by atoms with van der Waals surface area (Å²) in [5, 5.41) is 2.05. The van der Waals surface area contributed by atoms with Gasteiger partial charge in [0.1, 0.15) is 10.7 Å². The molecule has 154 valence electrons. The first-order valence-electron chi connectivity index (χ1n) is 10.2. The fourth-order valence-corrected chi connectivity index (χ4v) is 6.19. The lowest BCUT2D eigenvalue weighted by Crippen LogP contribution is -2.25. The van der Waals surface area contributed by atoms with Crippen molar-refractivity contribution < 1.29 is 0 Å². The monoisotopic (exact) mass is 438 g/mol. The predicted octanol–water partition coefficient (Wildman–Crippen LogP) is 4.13. The van der Waals surface area contributed by atoms with E-state index >= 15 is 0 Å². The maximum atomic E-state index is 13.0. The number of benzene rings is 1. The molecule has 5 rings (SSSR count). The molecule has 0 aliphatic heterocycles. The number of hydrogen-bond donors (Lipinski definition) is 1. The summed E-state index contributed by atoms with van der Waals surface area (Å²) in [6.45, 7) is 4.76. The van der Waals surface area contributed by atoms with Crippen LogP contribution in [0.5, 0.6) is 0 Å². The fraction of sp³-hybridized carbons (Fsp3) is 0.364. The van der Waals surface area contributed by atoms with E-state index < -0.39 is 0 Å². The van der Waals surface area contributed by atoms with Gasteiger partial charge in [-0.2, -0.15) is 0 Å². The normalized spacial score (nSPS) is 13.6. The molecule has 0 amide bonds. The highest BCUT2D eigenvalue weighted by atomic mass is 32.2. The van der Waals surface area contributed by atoms with Crippen LogP contribution in [-0.2, 0) is 25.1 Å². The van der Waals surface area contributed by atoms with E-state index in [2.05, 4.69) is 18.8 Å². The van der Waals surface area contributed by atoms with Crippen LogP contribution in [0.3, 0.4) is 0 Å². The average molecular weight is 439 g/mol. The molecule has 1 aliphatic carbocycles. The molecular formula is C22H22N4O2S2. The third kappa shape index (κ3) is 3.37. The second kappa shape index (κ2) is 7.67. The van der Waals surface area contributed by atoms with E-state index in [0.29, 0.717) is 40.1 Å². The Morgan fingerprint density at radius 1 is 1.20 bits per heavy atom. The van der Waals surface area contributed by atoms with Gasteiger partial charge in [-0.15, -0.1) is 11.3 Å². The van der Waals surface area contributed by atoms with Gasteiger partial charge in [-0.1, -0.05) is 37.7 Å². The minimum absolute atomic E-state index is 0.0246. The number of thioether (sulfide) groups is 1. The number of nitrogens with zero attached hydrogens (tertiary/aromatic N) is 3. The predicted molar refractivity (Wildman–Crippen MR) is 123 cm³/mol. The molecule has 4 aromatic rings. The average Bonchev–Trinajstić information content (AvgIpc) is 3.29. The SMILES string of the molecule is CC(C)Cn1c(SCc2nc3sc4c(c3c(=O)[nH]2)CCC4)nc2ccccc2c1=O. The number of aryl methyl sites for hydroxylation is 2. The zero-order chi connectivity index (χ0) is 20.8. The number of aromatic amines is 1. The summed E-state index contributed by atoms with van der Waals surface area (Å²) in [6.07, 6.45) is 3.13. The Morgan fingerprint density at radius 3 is 2.87 bits per heavy atom. The van der Waals surface area contributed by atoms with Crippen LogP contribution in [0.2, 0.25) is 0 Å². The lowest BCUT2D eigenvalue weighted by atomic mass is 10.2. The van der Waals surface area contributed by atoms with E-state index in [1.807, 2.05) is 24.3 Å². The summed E-state index contributed by atoms with van der Waals surface area (Å²) in [5.74, 6) is 1.39. The Balaban J connectivity index is 1.52. The zero-order valence-corrected chi connectivity index (χ0v) is 18.5. The number of fused-ring (bicyclic) bond motifs is 4.